The Morgan fingerprint density at radius 1 is 0.275 bits per heavy atom. The summed E-state index contributed by atoms with van der Waals surface area (Å²) >= 11 is 0. The summed E-state index contributed by atoms with van der Waals surface area (Å²) in [5, 5.41) is 2.49. The van der Waals surface area contributed by atoms with Crippen molar-refractivity contribution in [2.75, 3.05) is 4.90 Å². The van der Waals surface area contributed by atoms with Gasteiger partial charge in [-0.25, -0.2) is 0 Å². The molecule has 324 valence electrons. The van der Waals surface area contributed by atoms with Crippen LogP contribution in [0.3, 0.4) is 0 Å². The van der Waals surface area contributed by atoms with Crippen molar-refractivity contribution < 1.29 is 0 Å². The van der Waals surface area contributed by atoms with Crippen LogP contribution in [0, 0.1) is 0 Å². The minimum absolute atomic E-state index is 0.519. The Hall–Kier alpha value is -8.98. The predicted molar refractivity (Wildman–Crippen MR) is 289 cm³/mol. The Morgan fingerprint density at radius 3 is 1.49 bits per heavy atom. The number of benzene rings is 11. The Kier molecular flexibility index (Phi) is 9.77. The summed E-state index contributed by atoms with van der Waals surface area (Å²) in [6.45, 7) is 0. The second-order valence-corrected chi connectivity index (χ2v) is 18.1. The third kappa shape index (κ3) is 6.72. The van der Waals surface area contributed by atoms with Crippen LogP contribution < -0.4 is 4.90 Å². The van der Waals surface area contributed by atoms with Gasteiger partial charge in [0, 0.05) is 33.5 Å². The molecule has 11 aromatic carbocycles. The van der Waals surface area contributed by atoms with Gasteiger partial charge in [0.1, 0.15) is 0 Å². The van der Waals surface area contributed by atoms with Gasteiger partial charge in [0.15, 0.2) is 0 Å². The van der Waals surface area contributed by atoms with Crippen LogP contribution in [0.4, 0.5) is 17.1 Å². The molecule has 0 unspecified atom stereocenters. The number of para-hydroxylation sites is 2. The van der Waals surface area contributed by atoms with Gasteiger partial charge >= 0.3 is 0 Å². The van der Waals surface area contributed by atoms with E-state index in [1.54, 1.807) is 0 Å². The maximum Gasteiger partial charge on any atom is 0.0714 e. The molecule has 0 spiro atoms. The van der Waals surface area contributed by atoms with Crippen molar-refractivity contribution >= 4 is 38.9 Å². The highest BCUT2D eigenvalue weighted by atomic mass is 15.1. The van der Waals surface area contributed by atoms with Gasteiger partial charge in [-0.05, 0) is 140 Å². The fraction of sp³-hybridized carbons (Fsp3) is 0.0149. The summed E-state index contributed by atoms with van der Waals surface area (Å²) < 4.78 is 2.38. The second kappa shape index (κ2) is 16.7. The number of hydrogen-bond donors (Lipinski definition) is 0. The quantitative estimate of drug-likeness (QED) is 0.140. The van der Waals surface area contributed by atoms with Crippen LogP contribution in [0.25, 0.3) is 72.0 Å². The van der Waals surface area contributed by atoms with E-state index in [4.69, 9.17) is 0 Å². The molecule has 2 nitrogen and oxygen atoms in total. The van der Waals surface area contributed by atoms with Crippen molar-refractivity contribution in [1.29, 1.82) is 0 Å². The average Bonchev–Trinajstić information content (AvgIpc) is 3.92. The van der Waals surface area contributed by atoms with Crippen LogP contribution in [0.15, 0.2) is 279 Å². The molecule has 12 aromatic rings. The summed E-state index contributed by atoms with van der Waals surface area (Å²) in [5.74, 6) is 0. The first-order chi connectivity index (χ1) is 34.2. The highest BCUT2D eigenvalue weighted by Gasteiger charge is 2.46. The maximum absolute atomic E-state index is 2.46. The SMILES string of the molecule is c1ccc(-c2ccc(N(c3cccc(-c4cccc(-c5ccc6c(c5)c5ccccc5n6-c5ccccc5)c4)c3)c3ccc4c(c3)C(c3ccccc3)(c3ccccc3)c3ccccc3-4)cc2)cc1. The Labute approximate surface area is 403 Å². The summed E-state index contributed by atoms with van der Waals surface area (Å²) in [6, 6.07) is 102. The van der Waals surface area contributed by atoms with Crippen LogP contribution in [0.1, 0.15) is 22.3 Å². The van der Waals surface area contributed by atoms with Gasteiger partial charge in [0.05, 0.1) is 16.4 Å². The molecule has 0 fully saturated rings. The van der Waals surface area contributed by atoms with Crippen LogP contribution in [-0.2, 0) is 5.41 Å². The molecule has 2 heteroatoms. The van der Waals surface area contributed by atoms with Crippen molar-refractivity contribution in [3.8, 4) is 50.2 Å². The molecule has 0 saturated carbocycles. The smallest absolute Gasteiger partial charge is 0.0714 e. The van der Waals surface area contributed by atoms with Gasteiger partial charge in [-0.15, -0.1) is 0 Å². The molecule has 1 aromatic heterocycles. The number of nitrogens with zero attached hydrogens (tertiary/aromatic N) is 2. The zero-order valence-corrected chi connectivity index (χ0v) is 38.0. The average molecular weight is 879 g/mol. The second-order valence-electron chi connectivity index (χ2n) is 18.1. The van der Waals surface area contributed by atoms with Crippen LogP contribution in [0.2, 0.25) is 0 Å². The number of hydrogen-bond acceptors (Lipinski definition) is 1. The van der Waals surface area contributed by atoms with Gasteiger partial charge in [0.25, 0.3) is 0 Å². The third-order valence-electron chi connectivity index (χ3n) is 14.3. The van der Waals surface area contributed by atoms with E-state index in [0.29, 0.717) is 0 Å². The summed E-state index contributed by atoms with van der Waals surface area (Å²) in [7, 11) is 0. The standard InChI is InChI=1S/C67H46N2/c1-5-19-47(20-6-1)48-35-38-56(39-36-48)68(58-40-41-60-59-31-13-15-33-63(59)67(64(60)46-58,53-24-7-2-8-25-53)54-26-9-3-10-27-54)57-30-18-23-51(44-57)49-21-17-22-50(43-49)52-37-42-66-62(45-52)61-32-14-16-34-65(61)69(66)55-28-11-4-12-29-55/h1-46H. The minimum atomic E-state index is -0.519. The first-order valence-corrected chi connectivity index (χ1v) is 23.8. The monoisotopic (exact) mass is 878 g/mol. The number of rotatable bonds is 9. The first kappa shape index (κ1) is 40.3. The molecular formula is C67H46N2. The molecule has 0 atom stereocenters. The molecule has 0 amide bonds. The lowest BCUT2D eigenvalue weighted by molar-refractivity contribution is 0.768. The van der Waals surface area contributed by atoms with Gasteiger partial charge in [-0.2, -0.15) is 0 Å². The molecule has 0 radical (unpaired) electrons. The fourth-order valence-electron chi connectivity index (χ4n) is 11.2. The van der Waals surface area contributed by atoms with E-state index < -0.39 is 5.41 Å². The topological polar surface area (TPSA) is 8.17 Å². The molecule has 0 bridgehead atoms. The lowest BCUT2D eigenvalue weighted by Gasteiger charge is -2.35. The molecular weight excluding hydrogens is 833 g/mol. The summed E-state index contributed by atoms with van der Waals surface area (Å²) in [6.07, 6.45) is 0. The predicted octanol–water partition coefficient (Wildman–Crippen LogP) is 17.6. The lowest BCUT2D eigenvalue weighted by Crippen LogP contribution is -2.28. The summed E-state index contributed by atoms with van der Waals surface area (Å²) in [4.78, 5) is 2.43. The Bertz CT molecular complexity index is 3780. The molecule has 69 heavy (non-hydrogen) atoms. The zero-order valence-electron chi connectivity index (χ0n) is 38.0. The van der Waals surface area contributed by atoms with Crippen LogP contribution >= 0.6 is 0 Å². The molecule has 1 heterocycles. The van der Waals surface area contributed by atoms with E-state index in [1.165, 1.54) is 77.4 Å². The van der Waals surface area contributed by atoms with Crippen molar-refractivity contribution in [1.82, 2.24) is 4.57 Å². The first-order valence-electron chi connectivity index (χ1n) is 23.8. The van der Waals surface area contributed by atoms with E-state index in [9.17, 15) is 0 Å². The van der Waals surface area contributed by atoms with E-state index >= 15 is 0 Å². The van der Waals surface area contributed by atoms with Crippen molar-refractivity contribution in [3.63, 3.8) is 0 Å². The maximum atomic E-state index is 2.46. The van der Waals surface area contributed by atoms with E-state index in [0.717, 1.165) is 33.9 Å². The van der Waals surface area contributed by atoms with Crippen LogP contribution in [-0.4, -0.2) is 4.57 Å². The highest BCUT2D eigenvalue weighted by Crippen LogP contribution is 2.57. The number of fused-ring (bicyclic) bond motifs is 6. The fourth-order valence-corrected chi connectivity index (χ4v) is 11.2. The van der Waals surface area contributed by atoms with Gasteiger partial charge in [-0.1, -0.05) is 206 Å². The Balaban J connectivity index is 0.953. The van der Waals surface area contributed by atoms with Gasteiger partial charge < -0.3 is 9.47 Å². The van der Waals surface area contributed by atoms with Gasteiger partial charge in [-0.3, -0.25) is 0 Å². The molecule has 0 aliphatic heterocycles. The molecule has 1 aliphatic rings. The van der Waals surface area contributed by atoms with E-state index in [-0.39, 0.29) is 0 Å². The molecule has 13 rings (SSSR count). The zero-order chi connectivity index (χ0) is 45.7. The molecule has 1 aliphatic carbocycles. The van der Waals surface area contributed by atoms with Crippen molar-refractivity contribution in [2.24, 2.45) is 0 Å². The van der Waals surface area contributed by atoms with Crippen molar-refractivity contribution in [2.45, 2.75) is 5.41 Å². The lowest BCUT2D eigenvalue weighted by atomic mass is 9.67. The normalized spacial score (nSPS) is 12.5. The largest absolute Gasteiger partial charge is 0.310 e. The highest BCUT2D eigenvalue weighted by molar-refractivity contribution is 6.10. The van der Waals surface area contributed by atoms with E-state index in [2.05, 4.69) is 289 Å². The number of aromatic nitrogens is 1. The third-order valence-corrected chi connectivity index (χ3v) is 14.3. The number of anilines is 3. The van der Waals surface area contributed by atoms with Gasteiger partial charge in [0.2, 0.25) is 0 Å². The molecule has 0 saturated heterocycles. The van der Waals surface area contributed by atoms with Crippen LogP contribution in [0.5, 0.6) is 0 Å². The minimum Gasteiger partial charge on any atom is -0.310 e. The summed E-state index contributed by atoms with van der Waals surface area (Å²) in [5.41, 5.74) is 21.0. The Morgan fingerprint density at radius 2 is 0.768 bits per heavy atom. The molecule has 0 N–H and O–H groups in total. The van der Waals surface area contributed by atoms with E-state index in [1.807, 2.05) is 0 Å². The van der Waals surface area contributed by atoms with Crippen molar-refractivity contribution in [3.05, 3.63) is 301 Å².